The molecular weight excluding hydrogens is 270 g/mol. The highest BCUT2D eigenvalue weighted by atomic mass is 32.2. The Balaban J connectivity index is 1.60. The maximum absolute atomic E-state index is 11.5. The summed E-state index contributed by atoms with van der Waals surface area (Å²) in [5, 5.41) is 0. The number of hydrogen-bond donors (Lipinski definition) is 1. The molecule has 1 aromatic rings. The standard InChI is InChI=1S/C16H23NO2S/c17-16(10-12-8-9-20(18,19)11-12)15-6-4-14(5-7-15)13-2-1-3-13/h4-7,12-13,16H,1-3,8-11,17H2. The summed E-state index contributed by atoms with van der Waals surface area (Å²) in [6, 6.07) is 8.61. The molecular formula is C16H23NO2S. The van der Waals surface area contributed by atoms with E-state index < -0.39 is 9.84 Å². The van der Waals surface area contributed by atoms with Gasteiger partial charge in [-0.05, 0) is 48.6 Å². The van der Waals surface area contributed by atoms with Crippen molar-refractivity contribution >= 4 is 9.84 Å². The summed E-state index contributed by atoms with van der Waals surface area (Å²) in [6.45, 7) is 0. The van der Waals surface area contributed by atoms with Crippen molar-refractivity contribution in [1.82, 2.24) is 0 Å². The minimum Gasteiger partial charge on any atom is -0.324 e. The van der Waals surface area contributed by atoms with Gasteiger partial charge in [-0.3, -0.25) is 0 Å². The topological polar surface area (TPSA) is 60.2 Å². The second kappa shape index (κ2) is 5.49. The summed E-state index contributed by atoms with van der Waals surface area (Å²) in [5.41, 5.74) is 8.80. The van der Waals surface area contributed by atoms with Crippen molar-refractivity contribution < 1.29 is 8.42 Å². The first-order valence-corrected chi connectivity index (χ1v) is 9.41. The fourth-order valence-corrected chi connectivity index (χ4v) is 5.19. The van der Waals surface area contributed by atoms with E-state index in [-0.39, 0.29) is 12.0 Å². The average Bonchev–Trinajstić information content (AvgIpc) is 2.67. The van der Waals surface area contributed by atoms with Gasteiger partial charge in [-0.25, -0.2) is 8.42 Å². The van der Waals surface area contributed by atoms with Crippen LogP contribution < -0.4 is 5.73 Å². The van der Waals surface area contributed by atoms with Crippen LogP contribution in [-0.2, 0) is 9.84 Å². The highest BCUT2D eigenvalue weighted by Gasteiger charge is 2.29. The van der Waals surface area contributed by atoms with Crippen LogP contribution in [0.2, 0.25) is 0 Å². The van der Waals surface area contributed by atoms with Crippen molar-refractivity contribution in [3.05, 3.63) is 35.4 Å². The van der Waals surface area contributed by atoms with Gasteiger partial charge in [0.2, 0.25) is 0 Å². The van der Waals surface area contributed by atoms with Gasteiger partial charge < -0.3 is 5.73 Å². The van der Waals surface area contributed by atoms with Crippen molar-refractivity contribution in [1.29, 1.82) is 0 Å². The molecule has 20 heavy (non-hydrogen) atoms. The summed E-state index contributed by atoms with van der Waals surface area (Å²) in [4.78, 5) is 0. The second-order valence-corrected chi connectivity index (χ2v) is 8.63. The van der Waals surface area contributed by atoms with Crippen molar-refractivity contribution in [2.75, 3.05) is 11.5 Å². The van der Waals surface area contributed by atoms with Gasteiger partial charge in [-0.1, -0.05) is 30.7 Å². The van der Waals surface area contributed by atoms with E-state index in [1.54, 1.807) is 0 Å². The second-order valence-electron chi connectivity index (χ2n) is 6.41. The zero-order chi connectivity index (χ0) is 14.2. The first kappa shape index (κ1) is 14.1. The first-order chi connectivity index (χ1) is 9.53. The van der Waals surface area contributed by atoms with E-state index >= 15 is 0 Å². The quantitative estimate of drug-likeness (QED) is 0.928. The lowest BCUT2D eigenvalue weighted by atomic mass is 9.79. The number of hydrogen-bond acceptors (Lipinski definition) is 3. The summed E-state index contributed by atoms with van der Waals surface area (Å²) in [7, 11) is -2.79. The minimum absolute atomic E-state index is 0.0382. The molecule has 4 heteroatoms. The molecule has 0 spiro atoms. The Labute approximate surface area is 121 Å². The number of nitrogens with two attached hydrogens (primary N) is 1. The Hall–Kier alpha value is -0.870. The van der Waals surface area contributed by atoms with Gasteiger partial charge in [0.25, 0.3) is 0 Å². The maximum Gasteiger partial charge on any atom is 0.150 e. The minimum atomic E-state index is -2.79. The molecule has 0 aromatic heterocycles. The third-order valence-corrected chi connectivity index (χ3v) is 6.69. The smallest absolute Gasteiger partial charge is 0.150 e. The molecule has 1 aliphatic carbocycles. The molecule has 2 unspecified atom stereocenters. The molecule has 0 amide bonds. The number of sulfone groups is 1. The zero-order valence-corrected chi connectivity index (χ0v) is 12.6. The molecule has 1 heterocycles. The van der Waals surface area contributed by atoms with Crippen LogP contribution in [0.25, 0.3) is 0 Å². The Morgan fingerprint density at radius 2 is 1.85 bits per heavy atom. The third-order valence-electron chi connectivity index (χ3n) is 4.86. The Kier molecular flexibility index (Phi) is 3.87. The van der Waals surface area contributed by atoms with Crippen LogP contribution in [-0.4, -0.2) is 19.9 Å². The highest BCUT2D eigenvalue weighted by Crippen LogP contribution is 2.36. The molecule has 3 rings (SSSR count). The van der Waals surface area contributed by atoms with E-state index in [1.165, 1.54) is 24.8 Å². The van der Waals surface area contributed by atoms with Crippen molar-refractivity contribution in [2.45, 2.75) is 44.1 Å². The van der Waals surface area contributed by atoms with Gasteiger partial charge in [0, 0.05) is 6.04 Å². The Bertz CT molecular complexity index is 561. The largest absolute Gasteiger partial charge is 0.324 e. The monoisotopic (exact) mass is 293 g/mol. The number of rotatable bonds is 4. The van der Waals surface area contributed by atoms with E-state index in [4.69, 9.17) is 5.73 Å². The third kappa shape index (κ3) is 3.07. The van der Waals surface area contributed by atoms with Crippen LogP contribution in [0.4, 0.5) is 0 Å². The van der Waals surface area contributed by atoms with Crippen LogP contribution >= 0.6 is 0 Å². The lowest BCUT2D eigenvalue weighted by Crippen LogP contribution is -2.17. The maximum atomic E-state index is 11.5. The van der Waals surface area contributed by atoms with E-state index in [1.807, 2.05) is 0 Å². The molecule has 2 atom stereocenters. The molecule has 1 aromatic carbocycles. The lowest BCUT2D eigenvalue weighted by molar-refractivity contribution is 0.419. The van der Waals surface area contributed by atoms with Gasteiger partial charge in [-0.15, -0.1) is 0 Å². The van der Waals surface area contributed by atoms with Crippen LogP contribution in [0.5, 0.6) is 0 Å². The molecule has 0 bridgehead atoms. The predicted molar refractivity (Wildman–Crippen MR) is 81.3 cm³/mol. The summed E-state index contributed by atoms with van der Waals surface area (Å²) in [5.74, 6) is 1.65. The van der Waals surface area contributed by atoms with Gasteiger partial charge in [0.15, 0.2) is 9.84 Å². The van der Waals surface area contributed by atoms with E-state index in [0.717, 1.165) is 24.3 Å². The van der Waals surface area contributed by atoms with Crippen molar-refractivity contribution in [2.24, 2.45) is 11.7 Å². The average molecular weight is 293 g/mol. The predicted octanol–water partition coefficient (Wildman–Crippen LogP) is 2.78. The summed E-state index contributed by atoms with van der Waals surface area (Å²) < 4.78 is 23.0. The molecule has 2 aliphatic rings. The number of benzene rings is 1. The van der Waals surface area contributed by atoms with E-state index in [2.05, 4.69) is 24.3 Å². The fourth-order valence-electron chi connectivity index (χ4n) is 3.31. The zero-order valence-electron chi connectivity index (χ0n) is 11.8. The van der Waals surface area contributed by atoms with E-state index in [0.29, 0.717) is 11.5 Å². The van der Waals surface area contributed by atoms with Gasteiger partial charge in [-0.2, -0.15) is 0 Å². The van der Waals surface area contributed by atoms with E-state index in [9.17, 15) is 8.42 Å². The van der Waals surface area contributed by atoms with Crippen LogP contribution in [0.15, 0.2) is 24.3 Å². The fraction of sp³-hybridized carbons (Fsp3) is 0.625. The van der Waals surface area contributed by atoms with Crippen molar-refractivity contribution in [3.8, 4) is 0 Å². The molecule has 1 saturated heterocycles. The molecule has 0 radical (unpaired) electrons. The normalized spacial score (nSPS) is 27.1. The molecule has 3 nitrogen and oxygen atoms in total. The molecule has 110 valence electrons. The van der Waals surface area contributed by atoms with Gasteiger partial charge in [0.1, 0.15) is 0 Å². The SMILES string of the molecule is NC(CC1CCS(=O)(=O)C1)c1ccc(C2CCC2)cc1. The molecule has 1 aliphatic heterocycles. The van der Waals surface area contributed by atoms with Crippen LogP contribution in [0.3, 0.4) is 0 Å². The molecule has 2 fully saturated rings. The highest BCUT2D eigenvalue weighted by molar-refractivity contribution is 7.91. The van der Waals surface area contributed by atoms with Crippen LogP contribution in [0, 0.1) is 5.92 Å². The molecule has 2 N–H and O–H groups in total. The Morgan fingerprint density at radius 3 is 2.35 bits per heavy atom. The van der Waals surface area contributed by atoms with Crippen LogP contribution in [0.1, 0.15) is 55.2 Å². The van der Waals surface area contributed by atoms with Crippen molar-refractivity contribution in [3.63, 3.8) is 0 Å². The van der Waals surface area contributed by atoms with Gasteiger partial charge in [0.05, 0.1) is 11.5 Å². The summed E-state index contributed by atoms with van der Waals surface area (Å²) >= 11 is 0. The molecule has 1 saturated carbocycles. The Morgan fingerprint density at radius 1 is 1.15 bits per heavy atom. The lowest BCUT2D eigenvalue weighted by Gasteiger charge is -2.26. The van der Waals surface area contributed by atoms with Gasteiger partial charge >= 0.3 is 0 Å². The summed E-state index contributed by atoms with van der Waals surface area (Å²) in [6.07, 6.45) is 5.52. The first-order valence-electron chi connectivity index (χ1n) is 7.59.